The van der Waals surface area contributed by atoms with E-state index >= 15 is 0 Å². The quantitative estimate of drug-likeness (QED) is 0.854. The predicted molar refractivity (Wildman–Crippen MR) is 77.6 cm³/mol. The van der Waals surface area contributed by atoms with Crippen molar-refractivity contribution in [3.63, 3.8) is 0 Å². The zero-order valence-electron chi connectivity index (χ0n) is 11.8. The number of rotatable bonds is 2. The fraction of sp³-hybridized carbons (Fsp3) is 0.467. The first-order valence-corrected chi connectivity index (χ1v) is 7.67. The standard InChI is InChI=1S/C15H18N2O2S/c1-15(2,12-8-16-20-10-12)14(18)17-6-3-4-13-11(9-17)5-7-19-13/h5,7-8,10H,3-4,6,9H2,1-2H3. The number of carbonyl (C=O) groups excluding carboxylic acids is 1. The minimum Gasteiger partial charge on any atom is -0.469 e. The van der Waals surface area contributed by atoms with E-state index in [9.17, 15) is 4.79 Å². The molecule has 0 saturated heterocycles. The summed E-state index contributed by atoms with van der Waals surface area (Å²) >= 11 is 1.39. The fourth-order valence-electron chi connectivity index (χ4n) is 2.65. The third kappa shape index (κ3) is 2.26. The Morgan fingerprint density at radius 2 is 2.35 bits per heavy atom. The maximum absolute atomic E-state index is 12.9. The van der Waals surface area contributed by atoms with Crippen molar-refractivity contribution in [2.75, 3.05) is 6.54 Å². The number of hydrogen-bond donors (Lipinski definition) is 0. The average molecular weight is 290 g/mol. The Balaban J connectivity index is 1.84. The van der Waals surface area contributed by atoms with Crippen molar-refractivity contribution in [1.29, 1.82) is 0 Å². The number of aryl methyl sites for hydroxylation is 1. The minimum absolute atomic E-state index is 0.159. The first kappa shape index (κ1) is 13.4. The largest absolute Gasteiger partial charge is 0.469 e. The molecule has 0 fully saturated rings. The summed E-state index contributed by atoms with van der Waals surface area (Å²) in [6.07, 6.45) is 5.37. The summed E-state index contributed by atoms with van der Waals surface area (Å²) in [6.45, 7) is 5.37. The fourth-order valence-corrected chi connectivity index (χ4v) is 3.35. The molecule has 0 spiro atoms. The number of hydrogen-bond acceptors (Lipinski definition) is 4. The number of aromatic nitrogens is 1. The van der Waals surface area contributed by atoms with Gasteiger partial charge < -0.3 is 9.32 Å². The van der Waals surface area contributed by atoms with Gasteiger partial charge in [-0.2, -0.15) is 0 Å². The smallest absolute Gasteiger partial charge is 0.233 e. The molecule has 0 atom stereocenters. The Morgan fingerprint density at radius 3 is 3.10 bits per heavy atom. The van der Waals surface area contributed by atoms with Gasteiger partial charge in [-0.15, -0.1) is 0 Å². The van der Waals surface area contributed by atoms with E-state index in [-0.39, 0.29) is 5.91 Å². The maximum atomic E-state index is 12.9. The highest BCUT2D eigenvalue weighted by atomic mass is 32.1. The molecule has 1 aliphatic heterocycles. The molecule has 1 aliphatic rings. The molecule has 0 bridgehead atoms. The van der Waals surface area contributed by atoms with Gasteiger partial charge in [0, 0.05) is 36.7 Å². The third-order valence-electron chi connectivity index (χ3n) is 4.01. The SMILES string of the molecule is CC(C)(C(=O)N1CCCc2occc2C1)c1cnsc1. The number of amides is 1. The lowest BCUT2D eigenvalue weighted by atomic mass is 9.85. The minimum atomic E-state index is -0.527. The molecule has 0 N–H and O–H groups in total. The van der Waals surface area contributed by atoms with Gasteiger partial charge in [-0.1, -0.05) is 0 Å². The van der Waals surface area contributed by atoms with Crippen LogP contribution < -0.4 is 0 Å². The summed E-state index contributed by atoms with van der Waals surface area (Å²) in [5.41, 5.74) is 1.60. The predicted octanol–water partition coefficient (Wildman–Crippen LogP) is 2.99. The molecule has 2 aromatic rings. The zero-order valence-corrected chi connectivity index (χ0v) is 12.6. The second kappa shape index (κ2) is 5.05. The maximum Gasteiger partial charge on any atom is 0.233 e. The number of furan rings is 1. The van der Waals surface area contributed by atoms with Crippen LogP contribution in [0.5, 0.6) is 0 Å². The Morgan fingerprint density at radius 1 is 1.50 bits per heavy atom. The molecule has 3 heterocycles. The zero-order chi connectivity index (χ0) is 14.2. The second-order valence-corrected chi connectivity index (χ2v) is 6.39. The molecule has 2 aromatic heterocycles. The van der Waals surface area contributed by atoms with Crippen molar-refractivity contribution in [2.24, 2.45) is 0 Å². The molecule has 0 radical (unpaired) electrons. The Hall–Kier alpha value is -1.62. The lowest BCUT2D eigenvalue weighted by Crippen LogP contribution is -2.43. The molecule has 5 heteroatoms. The number of nitrogens with zero attached hydrogens (tertiary/aromatic N) is 2. The van der Waals surface area contributed by atoms with E-state index < -0.39 is 5.41 Å². The highest BCUT2D eigenvalue weighted by molar-refractivity contribution is 7.03. The lowest BCUT2D eigenvalue weighted by molar-refractivity contribution is -0.136. The molecule has 0 aliphatic carbocycles. The van der Waals surface area contributed by atoms with E-state index in [0.717, 1.165) is 36.3 Å². The summed E-state index contributed by atoms with van der Waals surface area (Å²) in [5, 5.41) is 1.96. The van der Waals surface area contributed by atoms with Crippen molar-refractivity contribution >= 4 is 17.4 Å². The summed E-state index contributed by atoms with van der Waals surface area (Å²) < 4.78 is 9.59. The van der Waals surface area contributed by atoms with Crippen LogP contribution in [0.15, 0.2) is 28.3 Å². The molecule has 0 unspecified atom stereocenters. The topological polar surface area (TPSA) is 46.3 Å². The van der Waals surface area contributed by atoms with Crippen LogP contribution in [0.1, 0.15) is 37.2 Å². The van der Waals surface area contributed by atoms with Gasteiger partial charge in [-0.3, -0.25) is 4.79 Å². The van der Waals surface area contributed by atoms with E-state index in [1.165, 1.54) is 11.5 Å². The van der Waals surface area contributed by atoms with Crippen LogP contribution in [0.3, 0.4) is 0 Å². The van der Waals surface area contributed by atoms with Crippen LogP contribution >= 0.6 is 11.5 Å². The van der Waals surface area contributed by atoms with Crippen molar-refractivity contribution in [3.8, 4) is 0 Å². The van der Waals surface area contributed by atoms with Crippen LogP contribution in [0.25, 0.3) is 0 Å². The van der Waals surface area contributed by atoms with Crippen LogP contribution in [0.4, 0.5) is 0 Å². The van der Waals surface area contributed by atoms with Gasteiger partial charge >= 0.3 is 0 Å². The molecule has 0 aromatic carbocycles. The van der Waals surface area contributed by atoms with Crippen molar-refractivity contribution in [1.82, 2.24) is 9.27 Å². The van der Waals surface area contributed by atoms with Gasteiger partial charge in [-0.25, -0.2) is 4.37 Å². The molecule has 20 heavy (non-hydrogen) atoms. The van der Waals surface area contributed by atoms with Gasteiger partial charge in [0.1, 0.15) is 5.76 Å². The van der Waals surface area contributed by atoms with Crippen molar-refractivity contribution < 1.29 is 9.21 Å². The first-order valence-electron chi connectivity index (χ1n) is 6.83. The molecule has 3 rings (SSSR count). The summed E-state index contributed by atoms with van der Waals surface area (Å²) in [6, 6.07) is 1.97. The first-order chi connectivity index (χ1) is 9.59. The average Bonchev–Trinajstić information content (AvgIpc) is 3.06. The van der Waals surface area contributed by atoms with E-state index in [4.69, 9.17) is 4.42 Å². The van der Waals surface area contributed by atoms with Crippen molar-refractivity contribution in [3.05, 3.63) is 40.8 Å². The Kier molecular flexibility index (Phi) is 3.38. The van der Waals surface area contributed by atoms with E-state index in [2.05, 4.69) is 4.37 Å². The summed E-state index contributed by atoms with van der Waals surface area (Å²) in [7, 11) is 0. The lowest BCUT2D eigenvalue weighted by Gasteiger charge is -2.30. The van der Waals surface area contributed by atoms with Crippen LogP contribution in [0.2, 0.25) is 0 Å². The monoisotopic (exact) mass is 290 g/mol. The third-order valence-corrected chi connectivity index (χ3v) is 4.59. The van der Waals surface area contributed by atoms with Crippen LogP contribution in [-0.4, -0.2) is 21.7 Å². The van der Waals surface area contributed by atoms with Gasteiger partial charge in [0.15, 0.2) is 0 Å². The van der Waals surface area contributed by atoms with Gasteiger partial charge in [-0.05, 0) is 43.4 Å². The summed E-state index contributed by atoms with van der Waals surface area (Å²) in [5.74, 6) is 1.18. The molecular formula is C15H18N2O2S. The van der Waals surface area contributed by atoms with E-state index in [1.54, 1.807) is 12.5 Å². The highest BCUT2D eigenvalue weighted by Gasteiger charge is 2.35. The van der Waals surface area contributed by atoms with Gasteiger partial charge in [0.25, 0.3) is 0 Å². The van der Waals surface area contributed by atoms with Crippen LogP contribution in [-0.2, 0) is 23.2 Å². The number of carbonyl (C=O) groups is 1. The van der Waals surface area contributed by atoms with Gasteiger partial charge in [0.2, 0.25) is 5.91 Å². The summed E-state index contributed by atoms with van der Waals surface area (Å²) in [4.78, 5) is 14.8. The van der Waals surface area contributed by atoms with E-state index in [0.29, 0.717) is 6.54 Å². The second-order valence-electron chi connectivity index (χ2n) is 5.74. The molecule has 106 valence electrons. The number of fused-ring (bicyclic) bond motifs is 1. The Bertz CT molecular complexity index is 601. The van der Waals surface area contributed by atoms with Crippen LogP contribution in [0, 0.1) is 0 Å². The molecular weight excluding hydrogens is 272 g/mol. The molecule has 1 amide bonds. The van der Waals surface area contributed by atoms with Crippen molar-refractivity contribution in [2.45, 2.75) is 38.6 Å². The normalized spacial score (nSPS) is 15.8. The Labute approximate surface area is 122 Å². The highest BCUT2D eigenvalue weighted by Crippen LogP contribution is 2.29. The van der Waals surface area contributed by atoms with E-state index in [1.807, 2.05) is 30.2 Å². The molecule has 0 saturated carbocycles. The van der Waals surface area contributed by atoms with Gasteiger partial charge in [0.05, 0.1) is 11.7 Å². The molecule has 4 nitrogen and oxygen atoms in total.